The number of ether oxygens (including phenoxy) is 1. The minimum atomic E-state index is 0.453. The van der Waals surface area contributed by atoms with Crippen molar-refractivity contribution in [1.29, 1.82) is 0 Å². The maximum absolute atomic E-state index is 5.56. The van der Waals surface area contributed by atoms with E-state index < -0.39 is 0 Å². The van der Waals surface area contributed by atoms with E-state index in [-0.39, 0.29) is 0 Å². The summed E-state index contributed by atoms with van der Waals surface area (Å²) >= 11 is 0. The zero-order valence-corrected chi connectivity index (χ0v) is 12.4. The number of hydrogen-bond donors (Lipinski definition) is 1. The molecule has 1 N–H and O–H groups in total. The Morgan fingerprint density at radius 1 is 1.17 bits per heavy atom. The van der Waals surface area contributed by atoms with Gasteiger partial charge in [-0.15, -0.1) is 0 Å². The molecule has 0 spiro atoms. The Labute approximate surface area is 112 Å². The SMILES string of the molecule is CCNCC1(CN2CCC(C)(C)C2)CCOCC1. The molecule has 0 atom stereocenters. The molecule has 0 amide bonds. The molecule has 2 heterocycles. The van der Waals surface area contributed by atoms with Crippen LogP contribution < -0.4 is 5.32 Å². The van der Waals surface area contributed by atoms with E-state index in [1.165, 1.54) is 38.9 Å². The summed E-state index contributed by atoms with van der Waals surface area (Å²) in [6.45, 7) is 14.9. The van der Waals surface area contributed by atoms with Crippen LogP contribution in [0.1, 0.15) is 40.0 Å². The van der Waals surface area contributed by atoms with Crippen LogP contribution in [0.15, 0.2) is 0 Å². The van der Waals surface area contributed by atoms with E-state index >= 15 is 0 Å². The molecule has 2 rings (SSSR count). The fourth-order valence-electron chi connectivity index (χ4n) is 3.42. The number of rotatable bonds is 5. The Kier molecular flexibility index (Phi) is 4.68. The highest BCUT2D eigenvalue weighted by atomic mass is 16.5. The molecule has 2 aliphatic heterocycles. The highest BCUT2D eigenvalue weighted by Gasteiger charge is 2.37. The van der Waals surface area contributed by atoms with Crippen molar-refractivity contribution in [1.82, 2.24) is 10.2 Å². The molecule has 0 radical (unpaired) electrons. The maximum Gasteiger partial charge on any atom is 0.0472 e. The maximum atomic E-state index is 5.56. The van der Waals surface area contributed by atoms with E-state index in [4.69, 9.17) is 4.74 Å². The van der Waals surface area contributed by atoms with Crippen molar-refractivity contribution in [2.45, 2.75) is 40.0 Å². The van der Waals surface area contributed by atoms with Crippen LogP contribution in [0.2, 0.25) is 0 Å². The molecule has 2 aliphatic rings. The van der Waals surface area contributed by atoms with Crippen molar-refractivity contribution in [2.24, 2.45) is 10.8 Å². The molecule has 0 aromatic rings. The molecule has 0 aromatic heterocycles. The normalized spacial score (nSPS) is 27.5. The van der Waals surface area contributed by atoms with E-state index in [9.17, 15) is 0 Å². The van der Waals surface area contributed by atoms with Gasteiger partial charge in [-0.05, 0) is 43.2 Å². The number of likely N-dealkylation sites (tertiary alicyclic amines) is 1. The molecule has 18 heavy (non-hydrogen) atoms. The summed E-state index contributed by atoms with van der Waals surface area (Å²) in [6.07, 6.45) is 3.79. The van der Waals surface area contributed by atoms with Crippen molar-refractivity contribution < 1.29 is 4.74 Å². The molecular formula is C15H30N2O. The lowest BCUT2D eigenvalue weighted by Gasteiger charge is -2.40. The third-order valence-electron chi connectivity index (χ3n) is 4.62. The first-order chi connectivity index (χ1) is 8.55. The highest BCUT2D eigenvalue weighted by Crippen LogP contribution is 2.35. The molecule has 0 unspecified atom stereocenters. The van der Waals surface area contributed by atoms with Crippen molar-refractivity contribution >= 4 is 0 Å². The summed E-state index contributed by atoms with van der Waals surface area (Å²) in [6, 6.07) is 0. The molecule has 0 aromatic carbocycles. The Bertz CT molecular complexity index is 259. The summed E-state index contributed by atoms with van der Waals surface area (Å²) in [4.78, 5) is 2.68. The second-order valence-electron chi connectivity index (χ2n) is 7.02. The van der Waals surface area contributed by atoms with Gasteiger partial charge in [-0.2, -0.15) is 0 Å². The minimum absolute atomic E-state index is 0.453. The van der Waals surface area contributed by atoms with Gasteiger partial charge in [0.1, 0.15) is 0 Å². The lowest BCUT2D eigenvalue weighted by atomic mass is 9.79. The zero-order chi connectivity index (χ0) is 13.1. The van der Waals surface area contributed by atoms with Gasteiger partial charge >= 0.3 is 0 Å². The van der Waals surface area contributed by atoms with Crippen LogP contribution in [-0.2, 0) is 4.74 Å². The number of nitrogens with one attached hydrogen (secondary N) is 1. The van der Waals surface area contributed by atoms with Gasteiger partial charge in [0.25, 0.3) is 0 Å². The van der Waals surface area contributed by atoms with Crippen LogP contribution in [-0.4, -0.2) is 50.8 Å². The molecule has 3 heteroatoms. The lowest BCUT2D eigenvalue weighted by molar-refractivity contribution is -0.00184. The van der Waals surface area contributed by atoms with Crippen LogP contribution in [0.25, 0.3) is 0 Å². The van der Waals surface area contributed by atoms with Crippen LogP contribution in [0, 0.1) is 10.8 Å². The molecule has 2 saturated heterocycles. The summed E-state index contributed by atoms with van der Waals surface area (Å²) in [5, 5.41) is 3.57. The summed E-state index contributed by atoms with van der Waals surface area (Å²) in [5.41, 5.74) is 0.971. The van der Waals surface area contributed by atoms with Crippen LogP contribution in [0.5, 0.6) is 0 Å². The molecule has 2 fully saturated rings. The monoisotopic (exact) mass is 254 g/mol. The van der Waals surface area contributed by atoms with Crippen molar-refractivity contribution in [2.75, 3.05) is 45.9 Å². The third-order valence-corrected chi connectivity index (χ3v) is 4.62. The van der Waals surface area contributed by atoms with Gasteiger partial charge in [-0.3, -0.25) is 0 Å². The predicted molar refractivity (Wildman–Crippen MR) is 75.9 cm³/mol. The van der Waals surface area contributed by atoms with E-state index in [2.05, 4.69) is 31.0 Å². The van der Waals surface area contributed by atoms with Gasteiger partial charge in [0.05, 0.1) is 0 Å². The average Bonchev–Trinajstić information content (AvgIpc) is 2.67. The Hall–Kier alpha value is -0.120. The highest BCUT2D eigenvalue weighted by molar-refractivity contribution is 4.91. The summed E-state index contributed by atoms with van der Waals surface area (Å²) in [5.74, 6) is 0. The fraction of sp³-hybridized carbons (Fsp3) is 1.00. The first-order valence-electron chi connectivity index (χ1n) is 7.56. The average molecular weight is 254 g/mol. The topological polar surface area (TPSA) is 24.5 Å². The number of hydrogen-bond acceptors (Lipinski definition) is 3. The second-order valence-corrected chi connectivity index (χ2v) is 7.02. The van der Waals surface area contributed by atoms with E-state index in [1.54, 1.807) is 0 Å². The van der Waals surface area contributed by atoms with E-state index in [0.29, 0.717) is 10.8 Å². The Balaban J connectivity index is 1.92. The molecular weight excluding hydrogens is 224 g/mol. The Morgan fingerprint density at radius 3 is 2.44 bits per heavy atom. The van der Waals surface area contributed by atoms with Gasteiger partial charge in [-0.25, -0.2) is 0 Å². The smallest absolute Gasteiger partial charge is 0.0472 e. The first kappa shape index (κ1) is 14.3. The Morgan fingerprint density at radius 2 is 1.89 bits per heavy atom. The van der Waals surface area contributed by atoms with Crippen molar-refractivity contribution in [3.05, 3.63) is 0 Å². The molecule has 0 aliphatic carbocycles. The van der Waals surface area contributed by atoms with Crippen LogP contribution in [0.3, 0.4) is 0 Å². The second kappa shape index (κ2) is 5.89. The molecule has 106 valence electrons. The number of nitrogens with zero attached hydrogens (tertiary/aromatic N) is 1. The minimum Gasteiger partial charge on any atom is -0.381 e. The van der Waals surface area contributed by atoms with Crippen molar-refractivity contribution in [3.63, 3.8) is 0 Å². The standard InChI is InChI=1S/C15H30N2O/c1-4-16-11-15(6-9-18-10-7-15)13-17-8-5-14(2,3)12-17/h16H,4-13H2,1-3H3. The van der Waals surface area contributed by atoms with Crippen molar-refractivity contribution in [3.8, 4) is 0 Å². The van der Waals surface area contributed by atoms with Gasteiger partial charge in [0.15, 0.2) is 0 Å². The van der Waals surface area contributed by atoms with Gasteiger partial charge in [0, 0.05) is 32.8 Å². The van der Waals surface area contributed by atoms with Gasteiger partial charge in [-0.1, -0.05) is 20.8 Å². The predicted octanol–water partition coefficient (Wildman–Crippen LogP) is 2.12. The lowest BCUT2D eigenvalue weighted by Crippen LogP contribution is -2.47. The van der Waals surface area contributed by atoms with Gasteiger partial charge < -0.3 is 15.0 Å². The molecule has 0 bridgehead atoms. The largest absolute Gasteiger partial charge is 0.381 e. The first-order valence-corrected chi connectivity index (χ1v) is 7.56. The molecule has 3 nitrogen and oxygen atoms in total. The summed E-state index contributed by atoms with van der Waals surface area (Å²) < 4.78 is 5.56. The van der Waals surface area contributed by atoms with Gasteiger partial charge in [0.2, 0.25) is 0 Å². The molecule has 0 saturated carbocycles. The van der Waals surface area contributed by atoms with E-state index in [1.807, 2.05) is 0 Å². The zero-order valence-electron chi connectivity index (χ0n) is 12.4. The van der Waals surface area contributed by atoms with E-state index in [0.717, 1.165) is 26.3 Å². The van der Waals surface area contributed by atoms with Crippen LogP contribution in [0.4, 0.5) is 0 Å². The van der Waals surface area contributed by atoms with Crippen LogP contribution >= 0.6 is 0 Å². The third kappa shape index (κ3) is 3.69. The summed E-state index contributed by atoms with van der Waals surface area (Å²) in [7, 11) is 0. The fourth-order valence-corrected chi connectivity index (χ4v) is 3.42. The quantitative estimate of drug-likeness (QED) is 0.813.